The van der Waals surface area contributed by atoms with E-state index in [1.165, 1.54) is 25.3 Å². The highest BCUT2D eigenvalue weighted by atomic mass is 19.4. The molecule has 0 aliphatic heterocycles. The topological polar surface area (TPSA) is 64.1 Å². The highest BCUT2D eigenvalue weighted by Crippen LogP contribution is 2.28. The summed E-state index contributed by atoms with van der Waals surface area (Å²) in [6.45, 7) is -0.222. The number of ether oxygens (including phenoxy) is 1. The van der Waals surface area contributed by atoms with E-state index < -0.39 is 6.68 Å². The van der Waals surface area contributed by atoms with Crippen molar-refractivity contribution in [1.29, 1.82) is 0 Å². The van der Waals surface area contributed by atoms with Crippen LogP contribution in [-0.4, -0.2) is 28.7 Å². The zero-order chi connectivity index (χ0) is 18.9. The summed E-state index contributed by atoms with van der Waals surface area (Å²) in [7, 11) is 0. The molecule has 0 atom stereocenters. The number of pyridine rings is 2. The predicted molar refractivity (Wildman–Crippen MR) is 93.0 cm³/mol. The second-order valence-electron chi connectivity index (χ2n) is 5.73. The van der Waals surface area contributed by atoms with E-state index in [2.05, 4.69) is 21.9 Å². The highest BCUT2D eigenvalue weighted by molar-refractivity contribution is 6.00. The number of aromatic nitrogens is 2. The molecule has 5 nitrogen and oxygen atoms in total. The molecule has 1 aliphatic carbocycles. The van der Waals surface area contributed by atoms with Gasteiger partial charge in [-0.3, -0.25) is 9.78 Å². The van der Waals surface area contributed by atoms with Crippen molar-refractivity contribution in [3.63, 3.8) is 0 Å². The Morgan fingerprint density at radius 1 is 1.27 bits per heavy atom. The van der Waals surface area contributed by atoms with Crippen molar-refractivity contribution in [2.24, 2.45) is 0 Å². The van der Waals surface area contributed by atoms with Crippen LogP contribution in [0.15, 0.2) is 37.2 Å². The Morgan fingerprint density at radius 2 is 1.96 bits per heavy atom. The smallest absolute Gasteiger partial charge is 0.379 e. The number of anilines is 1. The number of halogens is 3. The normalized spacial score (nSPS) is 14.5. The third-order valence-electron chi connectivity index (χ3n) is 3.86. The van der Waals surface area contributed by atoms with Gasteiger partial charge in [0.25, 0.3) is 0 Å². The summed E-state index contributed by atoms with van der Waals surface area (Å²) >= 11 is 0. The molecule has 1 N–H and O–H groups in total. The van der Waals surface area contributed by atoms with Gasteiger partial charge < -0.3 is 10.1 Å². The van der Waals surface area contributed by atoms with Crippen LogP contribution in [0.25, 0.3) is 10.9 Å². The van der Waals surface area contributed by atoms with Crippen LogP contribution < -0.4 is 10.1 Å². The Morgan fingerprint density at radius 3 is 2.62 bits per heavy atom. The fourth-order valence-corrected chi connectivity index (χ4v) is 2.72. The number of hydrogen-bond donors (Lipinski definition) is 1. The molecular formula is C18H20F3N3O2. The summed E-state index contributed by atoms with van der Waals surface area (Å²) in [5.74, 6) is 0.325. The average molecular weight is 367 g/mol. The van der Waals surface area contributed by atoms with E-state index in [0.717, 1.165) is 23.7 Å². The van der Waals surface area contributed by atoms with Crippen LogP contribution in [0.4, 0.5) is 18.9 Å². The number of hydrogen-bond acceptors (Lipinski definition) is 4. The first-order chi connectivity index (χ1) is 12.5. The lowest BCUT2D eigenvalue weighted by Crippen LogP contribution is -2.20. The Kier molecular flexibility index (Phi) is 7.37. The zero-order valence-corrected chi connectivity index (χ0v) is 14.1. The van der Waals surface area contributed by atoms with Gasteiger partial charge in [0, 0.05) is 6.20 Å². The van der Waals surface area contributed by atoms with Crippen molar-refractivity contribution in [2.45, 2.75) is 44.9 Å². The van der Waals surface area contributed by atoms with E-state index in [9.17, 15) is 18.0 Å². The quantitative estimate of drug-likeness (QED) is 0.800. The van der Waals surface area contributed by atoms with Gasteiger partial charge in [-0.2, -0.15) is 13.2 Å². The predicted octanol–water partition coefficient (Wildman–Crippen LogP) is 4.64. The minimum Gasteiger partial charge on any atom is -0.474 e. The van der Waals surface area contributed by atoms with E-state index >= 15 is 0 Å². The molecule has 1 aliphatic rings. The lowest BCUT2D eigenvalue weighted by molar-refractivity contribution is -0.111. The van der Waals surface area contributed by atoms with Gasteiger partial charge in [-0.25, -0.2) is 4.98 Å². The summed E-state index contributed by atoms with van der Waals surface area (Å²) in [5.41, 5.74) is 1.41. The lowest BCUT2D eigenvalue weighted by Gasteiger charge is -2.22. The molecule has 26 heavy (non-hydrogen) atoms. The zero-order valence-electron chi connectivity index (χ0n) is 14.1. The second-order valence-corrected chi connectivity index (χ2v) is 5.73. The summed E-state index contributed by atoms with van der Waals surface area (Å²) in [5, 5.41) is 3.53. The fraction of sp³-hybridized carbons (Fsp3) is 0.389. The minimum absolute atomic E-state index is 0.221. The SMILES string of the molecule is C=CC(=O)Nc1cnc2ccnc(OC3CCCCC3)c2c1.FC(F)F. The number of nitrogens with zero attached hydrogens (tertiary/aromatic N) is 2. The standard InChI is InChI=1S/C17H19N3O2.CHF3/c1-2-16(21)20-12-10-14-15(19-11-12)8-9-18-17(14)22-13-6-4-3-5-7-13;2-1(3)4/h2,8-11,13H,1,3-7H2,(H,20,21);1H. The molecule has 0 unspecified atom stereocenters. The molecule has 0 bridgehead atoms. The molecule has 0 aromatic carbocycles. The molecule has 2 aromatic heterocycles. The molecule has 2 aromatic rings. The van der Waals surface area contributed by atoms with E-state index in [0.29, 0.717) is 11.6 Å². The molecule has 0 radical (unpaired) electrons. The molecule has 1 fully saturated rings. The van der Waals surface area contributed by atoms with Crippen LogP contribution in [0.2, 0.25) is 0 Å². The van der Waals surface area contributed by atoms with Crippen molar-refractivity contribution < 1.29 is 22.7 Å². The van der Waals surface area contributed by atoms with E-state index in [4.69, 9.17) is 4.74 Å². The first-order valence-electron chi connectivity index (χ1n) is 8.26. The maximum Gasteiger partial charge on any atom is 0.379 e. The van der Waals surface area contributed by atoms with Gasteiger partial charge in [0.15, 0.2) is 0 Å². The molecule has 0 spiro atoms. The molecular weight excluding hydrogens is 347 g/mol. The third-order valence-corrected chi connectivity index (χ3v) is 3.86. The van der Waals surface area contributed by atoms with Crippen LogP contribution in [-0.2, 0) is 4.79 Å². The Bertz CT molecular complexity index is 747. The maximum atomic E-state index is 11.4. The first-order valence-corrected chi connectivity index (χ1v) is 8.26. The fourth-order valence-electron chi connectivity index (χ4n) is 2.72. The summed E-state index contributed by atoms with van der Waals surface area (Å²) < 4.78 is 35.1. The van der Waals surface area contributed by atoms with Crippen LogP contribution in [0, 0.1) is 0 Å². The van der Waals surface area contributed by atoms with Gasteiger partial charge in [-0.1, -0.05) is 13.0 Å². The van der Waals surface area contributed by atoms with Crippen LogP contribution in [0.1, 0.15) is 32.1 Å². The van der Waals surface area contributed by atoms with E-state index in [1.807, 2.05) is 12.1 Å². The molecule has 2 heterocycles. The minimum atomic E-state index is -3.67. The summed E-state index contributed by atoms with van der Waals surface area (Å²) in [6.07, 6.45) is 10.6. The number of alkyl halides is 3. The van der Waals surface area contributed by atoms with Crippen molar-refractivity contribution in [3.8, 4) is 5.88 Å². The van der Waals surface area contributed by atoms with Crippen molar-refractivity contribution in [1.82, 2.24) is 9.97 Å². The maximum absolute atomic E-state index is 11.4. The monoisotopic (exact) mass is 367 g/mol. The summed E-state index contributed by atoms with van der Waals surface area (Å²) in [6, 6.07) is 3.68. The number of amides is 1. The van der Waals surface area contributed by atoms with Crippen LogP contribution in [0.3, 0.4) is 0 Å². The van der Waals surface area contributed by atoms with Crippen molar-refractivity contribution in [2.75, 3.05) is 5.32 Å². The van der Waals surface area contributed by atoms with Gasteiger partial charge in [0.2, 0.25) is 11.8 Å². The molecule has 140 valence electrons. The summed E-state index contributed by atoms with van der Waals surface area (Å²) in [4.78, 5) is 20.1. The Balaban J connectivity index is 0.000000552. The lowest BCUT2D eigenvalue weighted by atomic mass is 9.98. The molecule has 1 amide bonds. The number of nitrogens with one attached hydrogen (secondary N) is 1. The first kappa shape index (κ1) is 19.7. The Hall–Kier alpha value is -2.64. The molecule has 1 saturated carbocycles. The second kappa shape index (κ2) is 9.74. The van der Waals surface area contributed by atoms with Crippen LogP contribution >= 0.6 is 0 Å². The van der Waals surface area contributed by atoms with Gasteiger partial charge in [0.1, 0.15) is 6.10 Å². The van der Waals surface area contributed by atoms with E-state index in [-0.39, 0.29) is 12.0 Å². The number of carbonyl (C=O) groups excluding carboxylic acids is 1. The largest absolute Gasteiger partial charge is 0.474 e. The van der Waals surface area contributed by atoms with Crippen molar-refractivity contribution >= 4 is 22.5 Å². The van der Waals surface area contributed by atoms with E-state index in [1.54, 1.807) is 12.4 Å². The average Bonchev–Trinajstić information content (AvgIpc) is 2.62. The number of fused-ring (bicyclic) bond motifs is 1. The van der Waals surface area contributed by atoms with Crippen molar-refractivity contribution in [3.05, 3.63) is 37.2 Å². The highest BCUT2D eigenvalue weighted by Gasteiger charge is 2.17. The molecule has 8 heteroatoms. The van der Waals surface area contributed by atoms with Gasteiger partial charge in [-0.05, 0) is 43.9 Å². The van der Waals surface area contributed by atoms with Gasteiger partial charge in [-0.15, -0.1) is 0 Å². The third kappa shape index (κ3) is 6.02. The Labute approximate surface area is 149 Å². The van der Waals surface area contributed by atoms with Gasteiger partial charge >= 0.3 is 6.68 Å². The molecule has 3 rings (SSSR count). The number of carbonyl (C=O) groups is 1. The van der Waals surface area contributed by atoms with Gasteiger partial charge in [0.05, 0.1) is 22.8 Å². The number of rotatable bonds is 4. The molecule has 0 saturated heterocycles. The van der Waals surface area contributed by atoms with Crippen LogP contribution in [0.5, 0.6) is 5.88 Å².